The third kappa shape index (κ3) is 15.5. The van der Waals surface area contributed by atoms with Crippen molar-refractivity contribution in [1.82, 2.24) is 19.9 Å². The summed E-state index contributed by atoms with van der Waals surface area (Å²) in [6.45, 7) is 7.91. The van der Waals surface area contributed by atoms with Crippen LogP contribution in [-0.2, 0) is 34.1 Å². The van der Waals surface area contributed by atoms with Gasteiger partial charge in [0.25, 0.3) is 0 Å². The van der Waals surface area contributed by atoms with E-state index in [1.54, 1.807) is 12.4 Å². The number of imidazole rings is 2. The minimum Gasteiger partial charge on any atom is -0.513 e. The molecular formula is C57H52Cu2N4O2P3+2. The summed E-state index contributed by atoms with van der Waals surface area (Å²) in [5.41, 5.74) is 2.85. The fourth-order valence-corrected chi connectivity index (χ4v) is 12.5. The van der Waals surface area contributed by atoms with Crippen molar-refractivity contribution in [3.63, 3.8) is 0 Å². The maximum absolute atomic E-state index is 6.37. The van der Waals surface area contributed by atoms with Crippen LogP contribution in [0.3, 0.4) is 0 Å². The average molecular weight is 1050 g/mol. The molecule has 2 aromatic heterocycles. The van der Waals surface area contributed by atoms with Crippen molar-refractivity contribution in [3.8, 4) is 23.0 Å². The number of nitrogens with zero attached hydrogens (tertiary/aromatic N) is 4. The molecule has 0 amide bonds. The van der Waals surface area contributed by atoms with E-state index in [0.717, 1.165) is 45.3 Å². The Morgan fingerprint density at radius 3 is 1.04 bits per heavy atom. The topological polar surface area (TPSA) is 72.4 Å². The molecule has 0 saturated heterocycles. The summed E-state index contributed by atoms with van der Waals surface area (Å²) < 4.78 is 12.7. The van der Waals surface area contributed by atoms with Gasteiger partial charge in [0.2, 0.25) is 0 Å². The van der Waals surface area contributed by atoms with E-state index in [9.17, 15) is 0 Å². The van der Waals surface area contributed by atoms with Crippen LogP contribution in [0, 0.1) is 20.8 Å². The zero-order valence-electron chi connectivity index (χ0n) is 37.6. The van der Waals surface area contributed by atoms with Crippen molar-refractivity contribution in [1.29, 1.82) is 0 Å². The van der Waals surface area contributed by atoms with E-state index >= 15 is 0 Å². The molecule has 0 saturated carbocycles. The predicted octanol–water partition coefficient (Wildman–Crippen LogP) is 10.3. The van der Waals surface area contributed by atoms with Crippen LogP contribution in [0.4, 0.5) is 0 Å². The summed E-state index contributed by atoms with van der Waals surface area (Å²) >= 11 is 0. The molecule has 0 N–H and O–H groups in total. The molecule has 1 unspecified atom stereocenters. The number of hydrogen-bond acceptors (Lipinski definition) is 4. The maximum atomic E-state index is 6.37. The van der Waals surface area contributed by atoms with E-state index in [2.05, 4.69) is 194 Å². The first kappa shape index (κ1) is 52.9. The Balaban J connectivity index is 0.000000199. The van der Waals surface area contributed by atoms with Gasteiger partial charge in [-0.1, -0.05) is 164 Å². The number of ether oxygens (including phenoxy) is 2. The molecule has 2 heterocycles. The second kappa shape index (κ2) is 28.3. The summed E-state index contributed by atoms with van der Waals surface area (Å²) in [4.78, 5) is 15.0. The molecule has 11 heteroatoms. The Bertz CT molecular complexity index is 2650. The Morgan fingerprint density at radius 1 is 0.412 bits per heavy atom. The standard InChI is InChI=1S/C25H20OP.C24H20OP2.2C4H5N2.2Cu/c1-20-12-8-9-17-23(20)26-24-18-10-11-19-25(24)27(21-13-4-2-5-14-21)22-15-6-3-7-16-22;26-23-17-9-7-15-21(23)25-22-16-8-10-18-24(22)27(19-11-3-1-4-12-19)20-13-5-2-6-14-20;2*1-4-2-5-3-6-4;;/h2-19H,1H2;1-18H,26H2;2*2-3H,1H3;;/q-1;;2*-1;+1;+2/p+2. The van der Waals surface area contributed by atoms with Gasteiger partial charge in [-0.2, -0.15) is 18.6 Å². The number of aromatic nitrogens is 4. The van der Waals surface area contributed by atoms with Crippen molar-refractivity contribution in [3.05, 3.63) is 267 Å². The van der Waals surface area contributed by atoms with Gasteiger partial charge in [0.05, 0.1) is 0 Å². The Labute approximate surface area is 427 Å². The molecule has 6 nitrogen and oxygen atoms in total. The number of aryl methyl sites for hydroxylation is 2. The van der Waals surface area contributed by atoms with Gasteiger partial charge in [-0.3, -0.25) is 0 Å². The largest absolute Gasteiger partial charge is 2.00 e. The molecule has 0 aliphatic carbocycles. The van der Waals surface area contributed by atoms with Crippen molar-refractivity contribution >= 4 is 62.2 Å². The smallest absolute Gasteiger partial charge is 0.513 e. The second-order valence-electron chi connectivity index (χ2n) is 14.9. The molecule has 347 valence electrons. The number of rotatable bonds is 10. The Kier molecular flexibility index (Phi) is 22.1. The Morgan fingerprint density at radius 2 is 0.721 bits per heavy atom. The minimum absolute atomic E-state index is 0. The number of para-hydroxylation sites is 4. The molecule has 1 radical (unpaired) electrons. The molecule has 10 rings (SSSR count). The maximum Gasteiger partial charge on any atom is 2.00 e. The molecule has 1 atom stereocenters. The average Bonchev–Trinajstić information content (AvgIpc) is 4.07. The molecule has 0 spiro atoms. The number of hydrogen-bond donors (Lipinski definition) is 0. The van der Waals surface area contributed by atoms with Gasteiger partial charge < -0.3 is 29.4 Å². The summed E-state index contributed by atoms with van der Waals surface area (Å²) in [6.07, 6.45) is 6.52. The van der Waals surface area contributed by atoms with Crippen LogP contribution in [0.1, 0.15) is 17.0 Å². The molecule has 10 aromatic rings. The van der Waals surface area contributed by atoms with E-state index in [4.69, 9.17) is 9.47 Å². The summed E-state index contributed by atoms with van der Waals surface area (Å²) in [7, 11) is 0.397. The molecule has 0 aliphatic heterocycles. The van der Waals surface area contributed by atoms with Crippen molar-refractivity contribution in [2.75, 3.05) is 0 Å². The van der Waals surface area contributed by atoms with Crippen LogP contribution in [0.25, 0.3) is 0 Å². The molecular weight excluding hydrogens is 993 g/mol. The van der Waals surface area contributed by atoms with Crippen molar-refractivity contribution in [2.45, 2.75) is 13.8 Å². The quantitative estimate of drug-likeness (QED) is 0.0772. The third-order valence-electron chi connectivity index (χ3n) is 10.1. The molecule has 0 bridgehead atoms. The second-order valence-corrected chi connectivity index (χ2v) is 20.4. The van der Waals surface area contributed by atoms with Crippen molar-refractivity contribution in [2.24, 2.45) is 0 Å². The molecule has 0 fully saturated rings. The number of benzene rings is 8. The monoisotopic (exact) mass is 1040 g/mol. The predicted molar refractivity (Wildman–Crippen MR) is 285 cm³/mol. The van der Waals surface area contributed by atoms with Crippen LogP contribution in [-0.4, -0.2) is 9.97 Å². The summed E-state index contributed by atoms with van der Waals surface area (Å²) in [5.74, 6) is 3.49. The van der Waals surface area contributed by atoms with E-state index in [1.165, 1.54) is 44.5 Å². The fourth-order valence-electron chi connectivity index (χ4n) is 6.91. The van der Waals surface area contributed by atoms with E-state index in [0.29, 0.717) is 0 Å². The first-order valence-electron chi connectivity index (χ1n) is 21.5. The van der Waals surface area contributed by atoms with E-state index in [-0.39, 0.29) is 34.1 Å². The van der Waals surface area contributed by atoms with Gasteiger partial charge in [0.15, 0.2) is 11.5 Å². The van der Waals surface area contributed by atoms with Gasteiger partial charge in [-0.15, -0.1) is 15.3 Å². The molecule has 68 heavy (non-hydrogen) atoms. The normalized spacial score (nSPS) is 10.1. The van der Waals surface area contributed by atoms with E-state index in [1.807, 2.05) is 74.5 Å². The van der Waals surface area contributed by atoms with Gasteiger partial charge in [0.1, 0.15) is 53.4 Å². The van der Waals surface area contributed by atoms with Crippen LogP contribution in [0.15, 0.2) is 243 Å². The van der Waals surface area contributed by atoms with Gasteiger partial charge >= 0.3 is 34.1 Å². The summed E-state index contributed by atoms with van der Waals surface area (Å²) in [5, 5.41) is 8.94. The molecule has 8 aromatic carbocycles. The minimum atomic E-state index is -1.18. The molecule has 0 aliphatic rings. The summed E-state index contributed by atoms with van der Waals surface area (Å²) in [6, 6.07) is 75.7. The van der Waals surface area contributed by atoms with Crippen molar-refractivity contribution < 1.29 is 43.6 Å². The van der Waals surface area contributed by atoms with Gasteiger partial charge in [0, 0.05) is 11.1 Å². The zero-order valence-corrected chi connectivity index (χ0v) is 42.6. The third-order valence-corrected chi connectivity index (χ3v) is 16.1. The van der Waals surface area contributed by atoms with Gasteiger partial charge in [-0.25, -0.2) is 0 Å². The fraction of sp³-hybridized carbons (Fsp3) is 0.0351. The van der Waals surface area contributed by atoms with Crippen LogP contribution in [0.5, 0.6) is 23.0 Å². The Hall–Kier alpha value is -6.02. The first-order valence-corrected chi connectivity index (χ1v) is 25.1. The zero-order chi connectivity index (χ0) is 45.8. The van der Waals surface area contributed by atoms with Crippen LogP contribution >= 0.6 is 25.1 Å². The van der Waals surface area contributed by atoms with Crippen LogP contribution in [0.2, 0.25) is 0 Å². The van der Waals surface area contributed by atoms with E-state index < -0.39 is 15.8 Å². The first-order chi connectivity index (χ1) is 32.4. The van der Waals surface area contributed by atoms with Crippen LogP contribution < -0.4 is 56.6 Å². The SMILES string of the molecule is Cc1cnc[n-]1.Cc1cnc[n-]1.Pc1ccccc1Oc1ccccc1[PH+](c1ccccc1)c1ccccc1.[CH2-]c1ccccc1Oc1ccccc1[PH+](c1ccccc1)c1ccccc1.[Cu+2].[Cu+]. The van der Waals surface area contributed by atoms with Gasteiger partial charge in [-0.05, 0) is 92.7 Å².